The van der Waals surface area contributed by atoms with Gasteiger partial charge in [-0.25, -0.2) is 0 Å². The first-order valence-corrected chi connectivity index (χ1v) is 14.2. The molecule has 0 aromatic heterocycles. The van der Waals surface area contributed by atoms with Crippen molar-refractivity contribution in [2.45, 2.75) is 147 Å². The molecular formula is C26H55ClNO2Si-. The van der Waals surface area contributed by atoms with Crippen LogP contribution in [0.15, 0.2) is 0 Å². The number of hydrogen-bond donors (Lipinski definition) is 1. The topological polar surface area (TPSA) is 44.5 Å². The monoisotopic (exact) mass is 476 g/mol. The zero-order valence-corrected chi connectivity index (χ0v) is 23.6. The predicted molar refractivity (Wildman–Crippen MR) is 134 cm³/mol. The maximum Gasteiger partial charge on any atom is 0.136 e. The molecule has 2 N–H and O–H groups in total. The molecule has 2 radical (unpaired) electrons. The molecular weight excluding hydrogens is 422 g/mol. The molecule has 2 atom stereocenters. The van der Waals surface area contributed by atoms with E-state index >= 15 is 0 Å². The van der Waals surface area contributed by atoms with Gasteiger partial charge in [0.1, 0.15) is 15.4 Å². The van der Waals surface area contributed by atoms with Gasteiger partial charge in [-0.15, -0.1) is 0 Å². The maximum atomic E-state index is 6.59. The largest absolute Gasteiger partial charge is 1.00 e. The number of unbranched alkanes of at least 4 members (excludes halogenated alkanes) is 12. The Kier molecular flexibility index (Phi) is 24.0. The van der Waals surface area contributed by atoms with E-state index in [-0.39, 0.29) is 23.9 Å². The van der Waals surface area contributed by atoms with Gasteiger partial charge in [-0.2, -0.15) is 0 Å². The van der Waals surface area contributed by atoms with Crippen molar-refractivity contribution in [1.82, 2.24) is 0 Å². The molecule has 31 heavy (non-hydrogen) atoms. The molecule has 0 rings (SSSR count). The second kappa shape index (κ2) is 22.2. The van der Waals surface area contributed by atoms with Crippen LogP contribution >= 0.6 is 0 Å². The smallest absolute Gasteiger partial charge is 0.136 e. The van der Waals surface area contributed by atoms with E-state index in [0.717, 1.165) is 0 Å². The van der Waals surface area contributed by atoms with Crippen molar-refractivity contribution in [2.24, 2.45) is 11.7 Å². The van der Waals surface area contributed by atoms with Gasteiger partial charge in [-0.1, -0.05) is 110 Å². The van der Waals surface area contributed by atoms with Gasteiger partial charge in [0.05, 0.1) is 0 Å². The minimum Gasteiger partial charge on any atom is -1.00 e. The van der Waals surface area contributed by atoms with Crippen LogP contribution in [-0.4, -0.2) is 35.2 Å². The van der Waals surface area contributed by atoms with Crippen LogP contribution in [0, 0.1) is 5.92 Å². The number of nitrogens with two attached hydrogens (primary N) is 1. The molecule has 0 aromatic carbocycles. The third-order valence-corrected chi connectivity index (χ3v) is 8.30. The van der Waals surface area contributed by atoms with Gasteiger partial charge in [0.25, 0.3) is 0 Å². The lowest BCUT2D eigenvalue weighted by Gasteiger charge is -2.38. The van der Waals surface area contributed by atoms with Crippen molar-refractivity contribution in [1.29, 1.82) is 0 Å². The van der Waals surface area contributed by atoms with Gasteiger partial charge in [0.15, 0.2) is 0 Å². The number of halogens is 1. The molecule has 5 heteroatoms. The minimum atomic E-state index is -0.143. The number of hydrogen-bond acceptors (Lipinski definition) is 3. The van der Waals surface area contributed by atoms with Gasteiger partial charge < -0.3 is 27.6 Å². The van der Waals surface area contributed by atoms with Gasteiger partial charge in [0.2, 0.25) is 0 Å². The van der Waals surface area contributed by atoms with E-state index in [1.165, 1.54) is 103 Å². The minimum absolute atomic E-state index is 0. The molecule has 0 saturated carbocycles. The summed E-state index contributed by atoms with van der Waals surface area (Å²) in [5.74, 6) is 0.449. The molecule has 188 valence electrons. The summed E-state index contributed by atoms with van der Waals surface area (Å²) in [6, 6.07) is 0. The van der Waals surface area contributed by atoms with Crippen molar-refractivity contribution in [3.8, 4) is 0 Å². The summed E-state index contributed by atoms with van der Waals surface area (Å²) >= 11 is 0. The Labute approximate surface area is 204 Å². The third kappa shape index (κ3) is 18.5. The SMILES string of the molecule is CCCCCCCCCCCCCCCC([Si]C(OC)OC)C(CCC)C(C)(C)N.[Cl-]. The van der Waals surface area contributed by atoms with Crippen LogP contribution in [-0.2, 0) is 9.47 Å². The van der Waals surface area contributed by atoms with E-state index in [9.17, 15) is 0 Å². The average Bonchev–Trinajstić information content (AvgIpc) is 2.71. The Morgan fingerprint density at radius 1 is 0.677 bits per heavy atom. The number of ether oxygens (including phenoxy) is 2. The highest BCUT2D eigenvalue weighted by Crippen LogP contribution is 2.36. The summed E-state index contributed by atoms with van der Waals surface area (Å²) in [6.45, 7) is 8.96. The van der Waals surface area contributed by atoms with E-state index < -0.39 is 0 Å². The summed E-state index contributed by atoms with van der Waals surface area (Å²) in [4.78, 5) is 0. The summed E-state index contributed by atoms with van der Waals surface area (Å²) in [6.07, 6.45) is 21.9. The lowest BCUT2D eigenvalue weighted by Crippen LogP contribution is -3.00. The molecule has 0 aliphatic carbocycles. The lowest BCUT2D eigenvalue weighted by molar-refractivity contribution is -0.0457. The fourth-order valence-electron chi connectivity index (χ4n) is 4.59. The van der Waals surface area contributed by atoms with Crippen LogP contribution in [0.2, 0.25) is 5.54 Å². The van der Waals surface area contributed by atoms with Gasteiger partial charge >= 0.3 is 0 Å². The van der Waals surface area contributed by atoms with Crippen LogP contribution < -0.4 is 18.1 Å². The van der Waals surface area contributed by atoms with Crippen LogP contribution in [0.4, 0.5) is 0 Å². The summed E-state index contributed by atoms with van der Waals surface area (Å²) < 4.78 is 11.1. The number of methoxy groups -OCH3 is 2. The van der Waals surface area contributed by atoms with Crippen LogP contribution in [0.3, 0.4) is 0 Å². The highest BCUT2D eigenvalue weighted by Gasteiger charge is 2.33. The molecule has 0 amide bonds. The van der Waals surface area contributed by atoms with E-state index in [4.69, 9.17) is 15.2 Å². The molecule has 3 nitrogen and oxygen atoms in total. The number of rotatable bonds is 22. The van der Waals surface area contributed by atoms with Crippen molar-refractivity contribution in [3.05, 3.63) is 0 Å². The molecule has 0 aliphatic heterocycles. The maximum absolute atomic E-state index is 6.59. The molecule has 0 bridgehead atoms. The fraction of sp³-hybridized carbons (Fsp3) is 1.00. The van der Waals surface area contributed by atoms with E-state index in [1.807, 2.05) is 0 Å². The molecule has 0 aliphatic rings. The molecule has 0 fully saturated rings. The van der Waals surface area contributed by atoms with Crippen LogP contribution in [0.25, 0.3) is 0 Å². The summed E-state index contributed by atoms with van der Waals surface area (Å²) in [5.41, 5.74) is 7.05. The zero-order valence-electron chi connectivity index (χ0n) is 21.8. The van der Waals surface area contributed by atoms with Crippen molar-refractivity contribution in [2.75, 3.05) is 14.2 Å². The van der Waals surface area contributed by atoms with Gasteiger partial charge in [0, 0.05) is 19.8 Å². The molecule has 0 saturated heterocycles. The Balaban J connectivity index is 0. The predicted octanol–water partition coefficient (Wildman–Crippen LogP) is 4.69. The first-order valence-electron chi connectivity index (χ1n) is 13.0. The standard InChI is InChI=1S/C26H55NO2Si.ClH/c1-7-9-10-11-12-13-14-15-16-17-18-19-20-22-24(30-25(28-5)29-6)23(21-8-2)26(3,4)27;/h23-25H,7-22,27H2,1-6H3;1H/p-1. The second-order valence-electron chi connectivity index (χ2n) is 9.82. The first kappa shape index (κ1) is 33.6. The highest BCUT2D eigenvalue weighted by atomic mass is 35.5. The summed E-state index contributed by atoms with van der Waals surface area (Å²) in [7, 11) is 4.18. The first-order chi connectivity index (χ1) is 14.4. The lowest BCUT2D eigenvalue weighted by atomic mass is 9.80. The fourth-order valence-corrected chi connectivity index (χ4v) is 6.41. The molecule has 0 heterocycles. The Morgan fingerprint density at radius 3 is 1.45 bits per heavy atom. The Hall–Kier alpha value is 0.387. The van der Waals surface area contributed by atoms with Gasteiger partial charge in [-0.05, 0) is 31.7 Å². The Bertz CT molecular complexity index is 362. The normalized spacial score (nSPS) is 13.9. The molecule has 2 unspecified atom stereocenters. The van der Waals surface area contributed by atoms with Crippen molar-refractivity contribution in [3.63, 3.8) is 0 Å². The van der Waals surface area contributed by atoms with E-state index in [1.54, 1.807) is 14.2 Å². The molecule has 0 aromatic rings. The average molecular weight is 477 g/mol. The molecule has 0 spiro atoms. The van der Waals surface area contributed by atoms with E-state index in [0.29, 0.717) is 21.0 Å². The Morgan fingerprint density at radius 2 is 1.10 bits per heavy atom. The second-order valence-corrected chi connectivity index (χ2v) is 11.4. The quantitative estimate of drug-likeness (QED) is 0.140. The van der Waals surface area contributed by atoms with Crippen molar-refractivity contribution >= 4 is 9.52 Å². The van der Waals surface area contributed by atoms with Crippen LogP contribution in [0.1, 0.15) is 130 Å². The van der Waals surface area contributed by atoms with Crippen molar-refractivity contribution < 1.29 is 21.9 Å². The van der Waals surface area contributed by atoms with Gasteiger partial charge in [-0.3, -0.25) is 0 Å². The summed E-state index contributed by atoms with van der Waals surface area (Å²) in [5, 5.41) is 0. The van der Waals surface area contributed by atoms with Crippen LogP contribution in [0.5, 0.6) is 0 Å². The van der Waals surface area contributed by atoms with E-state index in [2.05, 4.69) is 27.7 Å². The third-order valence-electron chi connectivity index (χ3n) is 6.44. The highest BCUT2D eigenvalue weighted by molar-refractivity contribution is 6.38. The zero-order chi connectivity index (χ0) is 22.7.